The van der Waals surface area contributed by atoms with E-state index in [1.807, 2.05) is 48.2 Å². The number of para-hydroxylation sites is 2. The summed E-state index contributed by atoms with van der Waals surface area (Å²) in [4.78, 5) is 32.0. The minimum atomic E-state index is -1.06. The van der Waals surface area contributed by atoms with E-state index in [2.05, 4.69) is 57.7 Å². The van der Waals surface area contributed by atoms with Crippen molar-refractivity contribution in [1.82, 2.24) is 4.90 Å². The second-order valence-electron chi connectivity index (χ2n) is 10.6. The number of hydrogen-bond donors (Lipinski definition) is 1. The lowest BCUT2D eigenvalue weighted by atomic mass is 10.1. The van der Waals surface area contributed by atoms with Gasteiger partial charge in [-0.3, -0.25) is 4.79 Å². The molecule has 0 saturated carbocycles. The van der Waals surface area contributed by atoms with Gasteiger partial charge >= 0.3 is 5.97 Å². The highest BCUT2D eigenvalue weighted by atomic mass is 32.2. The van der Waals surface area contributed by atoms with Gasteiger partial charge in [0, 0.05) is 53.4 Å². The largest absolute Gasteiger partial charge is 0.475 e. The minimum Gasteiger partial charge on any atom is -0.475 e. The third kappa shape index (κ3) is 6.28. The normalized spacial score (nSPS) is 13.4. The van der Waals surface area contributed by atoms with Gasteiger partial charge in [0.1, 0.15) is 5.58 Å². The molecule has 0 bridgehead atoms. The number of hydrogen-bond acceptors (Lipinski definition) is 7. The van der Waals surface area contributed by atoms with Crippen molar-refractivity contribution in [3.05, 3.63) is 112 Å². The quantitative estimate of drug-likeness (QED) is 0.173. The van der Waals surface area contributed by atoms with Crippen LogP contribution in [0.1, 0.15) is 36.2 Å². The third-order valence-corrected chi connectivity index (χ3v) is 9.83. The van der Waals surface area contributed by atoms with Crippen LogP contribution in [0.4, 0.5) is 11.4 Å². The van der Waals surface area contributed by atoms with Crippen LogP contribution in [0.25, 0.3) is 11.0 Å². The number of benzene rings is 3. The summed E-state index contributed by atoms with van der Waals surface area (Å²) >= 11 is 3.19. The van der Waals surface area contributed by atoms with Gasteiger partial charge < -0.3 is 23.6 Å². The number of carboxylic acids is 1. The molecule has 1 N–H and O–H groups in total. The van der Waals surface area contributed by atoms with Gasteiger partial charge in [-0.25, -0.2) is 4.79 Å². The maximum atomic E-state index is 13.1. The predicted octanol–water partition coefficient (Wildman–Crippen LogP) is 7.53. The Labute approximate surface area is 259 Å². The number of carboxylic acid groups (broad SMARTS) is 1. The number of carbonyl (C=O) groups is 2. The molecule has 1 aliphatic rings. The smallest absolute Gasteiger partial charge is 0.372 e. The maximum absolute atomic E-state index is 13.1. The molecule has 0 aliphatic carbocycles. The molecule has 7 nitrogen and oxygen atoms in total. The van der Waals surface area contributed by atoms with Gasteiger partial charge in [-0.05, 0) is 80.2 Å². The number of furan rings is 1. The second-order valence-corrected chi connectivity index (χ2v) is 13.0. The SMILES string of the molecule is Cc1ccc(C(=O)N2CCN(c3ccccc3N(CCc3ccccc3)Sc3ccc4oc(C(=O)O)c(C)c4c3)CC2)s1. The fourth-order valence-corrected chi connectivity index (χ4v) is 7.30. The molecule has 1 amide bonds. The van der Waals surface area contributed by atoms with Gasteiger partial charge in [-0.2, -0.15) is 0 Å². The molecule has 3 aromatic carbocycles. The number of carbonyl (C=O) groups excluding carboxylic acids is 1. The average molecular weight is 612 g/mol. The second kappa shape index (κ2) is 12.6. The number of piperazine rings is 1. The van der Waals surface area contributed by atoms with Crippen molar-refractivity contribution >= 4 is 57.5 Å². The van der Waals surface area contributed by atoms with Crippen LogP contribution in [0.2, 0.25) is 0 Å². The molecule has 1 aliphatic heterocycles. The number of rotatable bonds is 9. The van der Waals surface area contributed by atoms with E-state index >= 15 is 0 Å². The first-order valence-electron chi connectivity index (χ1n) is 14.3. The highest BCUT2D eigenvalue weighted by molar-refractivity contribution is 8.00. The summed E-state index contributed by atoms with van der Waals surface area (Å²) in [5.41, 5.74) is 4.70. The summed E-state index contributed by atoms with van der Waals surface area (Å²) in [6.07, 6.45) is 0.862. The zero-order valence-corrected chi connectivity index (χ0v) is 25.8. The molecular weight excluding hydrogens is 579 g/mol. The Morgan fingerprint density at radius 3 is 2.40 bits per heavy atom. The fraction of sp³-hybridized carbons (Fsp3) is 0.235. The van der Waals surface area contributed by atoms with Gasteiger partial charge in [0.15, 0.2) is 0 Å². The van der Waals surface area contributed by atoms with Gasteiger partial charge in [0.2, 0.25) is 5.76 Å². The zero-order valence-electron chi connectivity index (χ0n) is 24.2. The molecule has 0 unspecified atom stereocenters. The molecule has 43 heavy (non-hydrogen) atoms. The number of nitrogens with zero attached hydrogens (tertiary/aromatic N) is 3. The van der Waals surface area contributed by atoms with Crippen LogP contribution in [0.5, 0.6) is 0 Å². The van der Waals surface area contributed by atoms with E-state index < -0.39 is 5.97 Å². The summed E-state index contributed by atoms with van der Waals surface area (Å²) in [5.74, 6) is -0.967. The molecule has 0 spiro atoms. The molecule has 3 heterocycles. The maximum Gasteiger partial charge on any atom is 0.372 e. The first-order chi connectivity index (χ1) is 20.9. The Balaban J connectivity index is 1.26. The Morgan fingerprint density at radius 2 is 1.67 bits per heavy atom. The van der Waals surface area contributed by atoms with E-state index in [0.29, 0.717) is 24.2 Å². The molecule has 2 aromatic heterocycles. The highest BCUT2D eigenvalue weighted by Gasteiger charge is 2.26. The van der Waals surface area contributed by atoms with E-state index in [1.165, 1.54) is 5.56 Å². The minimum absolute atomic E-state index is 0.0183. The number of aryl methyl sites for hydroxylation is 2. The van der Waals surface area contributed by atoms with Gasteiger partial charge in [0.25, 0.3) is 5.91 Å². The van der Waals surface area contributed by atoms with Gasteiger partial charge in [-0.15, -0.1) is 11.3 Å². The van der Waals surface area contributed by atoms with Crippen LogP contribution in [0.15, 0.2) is 94.2 Å². The number of fused-ring (bicyclic) bond motifs is 1. The standard InChI is InChI=1S/C34H33N3O4S2/c1-23-12-15-31(42-23)33(38)36-20-18-35(19-21-36)28-10-6-7-11-29(28)37(17-16-25-8-4-3-5-9-25)43-26-13-14-30-27(22-26)24(2)32(41-30)34(39)40/h3-15,22H,16-21H2,1-2H3,(H,39,40). The fourth-order valence-electron chi connectivity index (χ4n) is 5.48. The van der Waals surface area contributed by atoms with E-state index in [4.69, 9.17) is 4.42 Å². The van der Waals surface area contributed by atoms with Crippen LogP contribution in [-0.4, -0.2) is 54.6 Å². The predicted molar refractivity (Wildman–Crippen MR) is 175 cm³/mol. The lowest BCUT2D eigenvalue weighted by Crippen LogP contribution is -2.49. The summed E-state index contributed by atoms with van der Waals surface area (Å²) < 4.78 is 7.93. The molecule has 0 atom stereocenters. The van der Waals surface area contributed by atoms with Crippen molar-refractivity contribution in [2.45, 2.75) is 25.2 Å². The zero-order chi connectivity index (χ0) is 29.9. The molecule has 220 valence electrons. The highest BCUT2D eigenvalue weighted by Crippen LogP contribution is 2.38. The third-order valence-electron chi connectivity index (χ3n) is 7.77. The van der Waals surface area contributed by atoms with Crippen LogP contribution < -0.4 is 9.21 Å². The van der Waals surface area contributed by atoms with Crippen molar-refractivity contribution in [3.63, 3.8) is 0 Å². The van der Waals surface area contributed by atoms with Crippen LogP contribution in [0, 0.1) is 13.8 Å². The summed E-state index contributed by atoms with van der Waals surface area (Å²) in [6.45, 7) is 7.43. The van der Waals surface area contributed by atoms with E-state index in [1.54, 1.807) is 30.2 Å². The Kier molecular flexibility index (Phi) is 8.44. The molecule has 5 aromatic rings. The monoisotopic (exact) mass is 611 g/mol. The van der Waals surface area contributed by atoms with Gasteiger partial charge in [-0.1, -0.05) is 42.5 Å². The van der Waals surface area contributed by atoms with E-state index in [9.17, 15) is 14.7 Å². The van der Waals surface area contributed by atoms with Crippen molar-refractivity contribution in [2.75, 3.05) is 41.9 Å². The number of aromatic carboxylic acids is 1. The molecule has 9 heteroatoms. The molecule has 1 fully saturated rings. The number of thiophene rings is 1. The Bertz CT molecular complexity index is 1760. The van der Waals surface area contributed by atoms with Crippen molar-refractivity contribution in [3.8, 4) is 0 Å². The summed E-state index contributed by atoms with van der Waals surface area (Å²) in [5, 5.41) is 10.3. The molecule has 1 saturated heterocycles. The lowest BCUT2D eigenvalue weighted by Gasteiger charge is -2.38. The summed E-state index contributed by atoms with van der Waals surface area (Å²) in [7, 11) is 0. The van der Waals surface area contributed by atoms with Gasteiger partial charge in [0.05, 0.1) is 16.3 Å². The topological polar surface area (TPSA) is 77.2 Å². The molecule has 6 rings (SSSR count). The van der Waals surface area contributed by atoms with Crippen molar-refractivity contribution < 1.29 is 19.1 Å². The van der Waals surface area contributed by atoms with Crippen LogP contribution in [0.3, 0.4) is 0 Å². The number of anilines is 2. The van der Waals surface area contributed by atoms with E-state index in [0.717, 1.165) is 57.5 Å². The lowest BCUT2D eigenvalue weighted by molar-refractivity contribution is 0.0663. The Morgan fingerprint density at radius 1 is 0.930 bits per heavy atom. The molecule has 0 radical (unpaired) electrons. The first-order valence-corrected chi connectivity index (χ1v) is 15.9. The van der Waals surface area contributed by atoms with Crippen LogP contribution in [-0.2, 0) is 6.42 Å². The van der Waals surface area contributed by atoms with Crippen molar-refractivity contribution in [2.24, 2.45) is 0 Å². The first kappa shape index (κ1) is 28.9. The summed E-state index contributed by atoms with van der Waals surface area (Å²) in [6, 6.07) is 28.7. The average Bonchev–Trinajstić information content (AvgIpc) is 3.62. The van der Waals surface area contributed by atoms with E-state index in [-0.39, 0.29) is 11.7 Å². The van der Waals surface area contributed by atoms with Crippen LogP contribution >= 0.6 is 23.3 Å². The number of amides is 1. The Hall–Kier alpha value is -4.21. The molecular formula is C34H33N3O4S2. The van der Waals surface area contributed by atoms with Crippen molar-refractivity contribution in [1.29, 1.82) is 0 Å².